The highest BCUT2D eigenvalue weighted by atomic mass is 16.3. The standard InChI is InChI=1S/C17H27NO/c1-3-17(19)14(2)18-11-9-16(10-12-18)13-15-7-5-4-6-8-15/h4-8,14,16-17,19H,3,9-13H2,1-2H3. The molecular weight excluding hydrogens is 234 g/mol. The van der Waals surface area contributed by atoms with E-state index in [-0.39, 0.29) is 6.10 Å². The molecule has 1 heterocycles. The van der Waals surface area contributed by atoms with E-state index in [1.165, 1.54) is 24.8 Å². The SMILES string of the molecule is CCC(O)C(C)N1CCC(Cc2ccccc2)CC1. The molecule has 1 fully saturated rings. The summed E-state index contributed by atoms with van der Waals surface area (Å²) in [6.07, 6.45) is 4.40. The molecule has 0 amide bonds. The molecule has 0 saturated carbocycles. The van der Waals surface area contributed by atoms with Crippen LogP contribution in [0.3, 0.4) is 0 Å². The quantitative estimate of drug-likeness (QED) is 0.880. The van der Waals surface area contributed by atoms with E-state index in [0.29, 0.717) is 6.04 Å². The minimum atomic E-state index is -0.175. The molecule has 2 unspecified atom stereocenters. The molecule has 2 heteroatoms. The van der Waals surface area contributed by atoms with Crippen molar-refractivity contribution in [2.75, 3.05) is 13.1 Å². The number of piperidine rings is 1. The van der Waals surface area contributed by atoms with Gasteiger partial charge in [0, 0.05) is 6.04 Å². The van der Waals surface area contributed by atoms with E-state index in [9.17, 15) is 5.11 Å². The third-order valence-corrected chi connectivity index (χ3v) is 4.57. The molecule has 0 radical (unpaired) electrons. The Morgan fingerprint density at radius 1 is 1.21 bits per heavy atom. The van der Waals surface area contributed by atoms with Gasteiger partial charge in [-0.3, -0.25) is 4.90 Å². The van der Waals surface area contributed by atoms with Gasteiger partial charge in [-0.05, 0) is 57.2 Å². The lowest BCUT2D eigenvalue weighted by Gasteiger charge is -2.37. The number of hydrogen-bond donors (Lipinski definition) is 1. The summed E-state index contributed by atoms with van der Waals surface area (Å²) >= 11 is 0. The Morgan fingerprint density at radius 2 is 1.84 bits per heavy atom. The summed E-state index contributed by atoms with van der Waals surface area (Å²) in [6, 6.07) is 11.1. The maximum Gasteiger partial charge on any atom is 0.0690 e. The largest absolute Gasteiger partial charge is 0.392 e. The van der Waals surface area contributed by atoms with E-state index in [4.69, 9.17) is 0 Å². The summed E-state index contributed by atoms with van der Waals surface area (Å²) < 4.78 is 0. The molecule has 0 spiro atoms. The lowest BCUT2D eigenvalue weighted by atomic mass is 9.89. The van der Waals surface area contributed by atoms with Crippen molar-refractivity contribution >= 4 is 0 Å². The monoisotopic (exact) mass is 261 g/mol. The number of hydrogen-bond acceptors (Lipinski definition) is 2. The number of likely N-dealkylation sites (tertiary alicyclic amines) is 1. The van der Waals surface area contributed by atoms with Gasteiger partial charge >= 0.3 is 0 Å². The second-order valence-corrected chi connectivity index (χ2v) is 5.89. The van der Waals surface area contributed by atoms with Gasteiger partial charge in [-0.1, -0.05) is 37.3 Å². The molecule has 106 valence electrons. The van der Waals surface area contributed by atoms with Crippen LogP contribution in [-0.2, 0) is 6.42 Å². The van der Waals surface area contributed by atoms with Gasteiger partial charge in [0.2, 0.25) is 0 Å². The topological polar surface area (TPSA) is 23.5 Å². The fourth-order valence-corrected chi connectivity index (χ4v) is 3.10. The van der Waals surface area contributed by atoms with Crippen molar-refractivity contribution in [3.05, 3.63) is 35.9 Å². The first-order valence-electron chi connectivity index (χ1n) is 7.66. The maximum atomic E-state index is 9.94. The summed E-state index contributed by atoms with van der Waals surface area (Å²) in [5, 5.41) is 9.94. The van der Waals surface area contributed by atoms with Crippen molar-refractivity contribution in [3.63, 3.8) is 0 Å². The Balaban J connectivity index is 1.79. The van der Waals surface area contributed by atoms with Crippen molar-refractivity contribution in [3.8, 4) is 0 Å². The molecule has 2 rings (SSSR count). The zero-order valence-electron chi connectivity index (χ0n) is 12.3. The van der Waals surface area contributed by atoms with Crippen LogP contribution in [0.4, 0.5) is 0 Å². The highest BCUT2D eigenvalue weighted by Crippen LogP contribution is 2.23. The van der Waals surface area contributed by atoms with Crippen molar-refractivity contribution < 1.29 is 5.11 Å². The molecule has 1 saturated heterocycles. The first kappa shape index (κ1) is 14.5. The van der Waals surface area contributed by atoms with Crippen LogP contribution in [0.2, 0.25) is 0 Å². The summed E-state index contributed by atoms with van der Waals surface area (Å²) in [7, 11) is 0. The van der Waals surface area contributed by atoms with Gasteiger partial charge in [0.25, 0.3) is 0 Å². The number of rotatable bonds is 5. The maximum absolute atomic E-state index is 9.94. The zero-order chi connectivity index (χ0) is 13.7. The van der Waals surface area contributed by atoms with Crippen LogP contribution in [0.1, 0.15) is 38.7 Å². The first-order chi connectivity index (χ1) is 9.20. The molecule has 0 aliphatic carbocycles. The third-order valence-electron chi connectivity index (χ3n) is 4.57. The molecule has 2 nitrogen and oxygen atoms in total. The zero-order valence-corrected chi connectivity index (χ0v) is 12.3. The molecule has 19 heavy (non-hydrogen) atoms. The van der Waals surface area contributed by atoms with Crippen LogP contribution in [0.25, 0.3) is 0 Å². The van der Waals surface area contributed by atoms with E-state index >= 15 is 0 Å². The van der Waals surface area contributed by atoms with E-state index in [1.54, 1.807) is 0 Å². The van der Waals surface area contributed by atoms with Gasteiger partial charge in [0.05, 0.1) is 6.10 Å². The van der Waals surface area contributed by atoms with Gasteiger partial charge in [0.1, 0.15) is 0 Å². The second-order valence-electron chi connectivity index (χ2n) is 5.89. The summed E-state index contributed by atoms with van der Waals surface area (Å²) in [4.78, 5) is 2.45. The Morgan fingerprint density at radius 3 is 2.42 bits per heavy atom. The lowest BCUT2D eigenvalue weighted by Crippen LogP contribution is -2.45. The summed E-state index contributed by atoms with van der Waals surface area (Å²) in [5.41, 5.74) is 1.46. The molecule has 1 N–H and O–H groups in total. The molecule has 0 bridgehead atoms. The predicted octanol–water partition coefficient (Wildman–Crippen LogP) is 3.10. The van der Waals surface area contributed by atoms with Gasteiger partial charge in [0.15, 0.2) is 0 Å². The molecule has 1 aromatic carbocycles. The van der Waals surface area contributed by atoms with Gasteiger partial charge in [-0.15, -0.1) is 0 Å². The van der Waals surface area contributed by atoms with Crippen LogP contribution in [0.5, 0.6) is 0 Å². The lowest BCUT2D eigenvalue weighted by molar-refractivity contribution is 0.0362. The molecule has 1 aliphatic rings. The van der Waals surface area contributed by atoms with Gasteiger partial charge in [-0.25, -0.2) is 0 Å². The van der Waals surface area contributed by atoms with Crippen LogP contribution in [0.15, 0.2) is 30.3 Å². The Bertz CT molecular complexity index is 357. The van der Waals surface area contributed by atoms with Crippen molar-refractivity contribution in [2.45, 2.75) is 51.7 Å². The Kier molecular flexibility index (Phi) is 5.41. The smallest absolute Gasteiger partial charge is 0.0690 e. The van der Waals surface area contributed by atoms with Crippen LogP contribution in [0, 0.1) is 5.92 Å². The normalized spacial score (nSPS) is 21.2. The Labute approximate surface area is 117 Å². The fourth-order valence-electron chi connectivity index (χ4n) is 3.10. The molecular formula is C17H27NO. The van der Waals surface area contributed by atoms with Crippen molar-refractivity contribution in [2.24, 2.45) is 5.92 Å². The van der Waals surface area contributed by atoms with Gasteiger partial charge in [-0.2, -0.15) is 0 Å². The van der Waals surface area contributed by atoms with Crippen LogP contribution >= 0.6 is 0 Å². The highest BCUT2D eigenvalue weighted by molar-refractivity contribution is 5.15. The number of aliphatic hydroxyl groups excluding tert-OH is 1. The minimum absolute atomic E-state index is 0.175. The van der Waals surface area contributed by atoms with Crippen LogP contribution < -0.4 is 0 Å². The second kappa shape index (κ2) is 7.06. The molecule has 2 atom stereocenters. The third kappa shape index (κ3) is 4.05. The van der Waals surface area contributed by atoms with Crippen LogP contribution in [-0.4, -0.2) is 35.2 Å². The average molecular weight is 261 g/mol. The van der Waals surface area contributed by atoms with Crippen molar-refractivity contribution in [1.29, 1.82) is 0 Å². The van der Waals surface area contributed by atoms with Crippen molar-refractivity contribution in [1.82, 2.24) is 4.90 Å². The molecule has 0 aromatic heterocycles. The molecule has 1 aromatic rings. The fraction of sp³-hybridized carbons (Fsp3) is 0.647. The first-order valence-corrected chi connectivity index (χ1v) is 7.66. The predicted molar refractivity (Wildman–Crippen MR) is 80.2 cm³/mol. The highest BCUT2D eigenvalue weighted by Gasteiger charge is 2.25. The Hall–Kier alpha value is -0.860. The van der Waals surface area contributed by atoms with E-state index < -0.39 is 0 Å². The number of nitrogens with zero attached hydrogens (tertiary/aromatic N) is 1. The van der Waals surface area contributed by atoms with E-state index in [1.807, 2.05) is 0 Å². The van der Waals surface area contributed by atoms with Gasteiger partial charge < -0.3 is 5.11 Å². The van der Waals surface area contributed by atoms with E-state index in [2.05, 4.69) is 49.1 Å². The average Bonchev–Trinajstić information content (AvgIpc) is 2.47. The number of benzene rings is 1. The number of aliphatic hydroxyl groups is 1. The summed E-state index contributed by atoms with van der Waals surface area (Å²) in [6.45, 7) is 6.49. The molecule has 1 aliphatic heterocycles. The minimum Gasteiger partial charge on any atom is -0.392 e. The summed E-state index contributed by atoms with van der Waals surface area (Å²) in [5.74, 6) is 0.810. The van der Waals surface area contributed by atoms with E-state index in [0.717, 1.165) is 25.4 Å².